The molecular formula is C28H28IN3O2S. The highest BCUT2D eigenvalue weighted by Gasteiger charge is 2.29. The van der Waals surface area contributed by atoms with Gasteiger partial charge in [-0.05, 0) is 59.0 Å². The van der Waals surface area contributed by atoms with Gasteiger partial charge in [-0.1, -0.05) is 36.4 Å². The molecule has 7 heteroatoms. The number of carbonyl (C=O) groups excluding carboxylic acids is 1. The third-order valence-corrected chi connectivity index (χ3v) is 8.48. The summed E-state index contributed by atoms with van der Waals surface area (Å²) >= 11 is 4.06. The van der Waals surface area contributed by atoms with Gasteiger partial charge in [0, 0.05) is 60.6 Å². The zero-order valence-electron chi connectivity index (χ0n) is 19.9. The van der Waals surface area contributed by atoms with Crippen molar-refractivity contribution in [1.29, 1.82) is 0 Å². The molecule has 1 fully saturated rings. The maximum Gasteiger partial charge on any atom is 0.256 e. The predicted octanol–water partition coefficient (Wildman–Crippen LogP) is 6.05. The largest absolute Gasteiger partial charge is 0.496 e. The molecule has 1 aliphatic heterocycles. The van der Waals surface area contributed by atoms with Gasteiger partial charge in [-0.3, -0.25) is 4.79 Å². The number of aryl methyl sites for hydroxylation is 1. The summed E-state index contributed by atoms with van der Waals surface area (Å²) in [4.78, 5) is 19.6. The van der Waals surface area contributed by atoms with Gasteiger partial charge in [-0.2, -0.15) is 0 Å². The predicted molar refractivity (Wildman–Crippen MR) is 153 cm³/mol. The average molecular weight is 598 g/mol. The van der Waals surface area contributed by atoms with Gasteiger partial charge in [0.1, 0.15) is 5.75 Å². The van der Waals surface area contributed by atoms with E-state index >= 15 is 0 Å². The first kappa shape index (κ1) is 24.1. The molecule has 35 heavy (non-hydrogen) atoms. The van der Waals surface area contributed by atoms with Gasteiger partial charge < -0.3 is 19.1 Å². The van der Waals surface area contributed by atoms with Crippen LogP contribution in [0.3, 0.4) is 0 Å². The van der Waals surface area contributed by atoms with Crippen molar-refractivity contribution < 1.29 is 9.53 Å². The summed E-state index contributed by atoms with van der Waals surface area (Å²) in [6.45, 7) is 3.07. The second-order valence-electron chi connectivity index (χ2n) is 8.60. The van der Waals surface area contributed by atoms with Gasteiger partial charge in [-0.25, -0.2) is 0 Å². The van der Waals surface area contributed by atoms with Crippen molar-refractivity contribution in [3.05, 3.63) is 87.6 Å². The summed E-state index contributed by atoms with van der Waals surface area (Å²) in [5.74, 6) is 1.63. The molecule has 0 aliphatic carbocycles. The van der Waals surface area contributed by atoms with Crippen LogP contribution in [-0.2, 0) is 12.8 Å². The zero-order chi connectivity index (χ0) is 24.4. The molecule has 2 heterocycles. The number of hydrogen-bond acceptors (Lipinski definition) is 4. The number of rotatable bonds is 6. The van der Waals surface area contributed by atoms with E-state index in [0.717, 1.165) is 50.3 Å². The van der Waals surface area contributed by atoms with Crippen LogP contribution in [0.5, 0.6) is 5.75 Å². The highest BCUT2D eigenvalue weighted by atomic mass is 127. The summed E-state index contributed by atoms with van der Waals surface area (Å²) in [7, 11) is 3.75. The molecule has 3 aromatic carbocycles. The van der Waals surface area contributed by atoms with Crippen molar-refractivity contribution >= 4 is 56.9 Å². The zero-order valence-corrected chi connectivity index (χ0v) is 22.9. The van der Waals surface area contributed by atoms with Crippen molar-refractivity contribution in [2.75, 3.05) is 38.2 Å². The highest BCUT2D eigenvalue weighted by molar-refractivity contribution is 14.1. The molecule has 0 saturated carbocycles. The first-order valence-electron chi connectivity index (χ1n) is 11.7. The number of benzene rings is 3. The standard InChI is InChI=1S/C28H28IN3O2S/c1-30-24-18-23(29)26(34-2)17-22(24)27(25(30)19-35-21-11-7-4-8-12-21)28(33)32-15-13-31(14-16-32)20-9-5-3-6-10-20/h3-12,17-18H,13-16,19H2,1-2H3. The van der Waals surface area contributed by atoms with E-state index < -0.39 is 0 Å². The van der Waals surface area contributed by atoms with Gasteiger partial charge in [0.15, 0.2) is 0 Å². The maximum atomic E-state index is 14.0. The Kier molecular flexibility index (Phi) is 7.24. The highest BCUT2D eigenvalue weighted by Crippen LogP contribution is 2.36. The van der Waals surface area contributed by atoms with E-state index in [1.165, 1.54) is 10.6 Å². The summed E-state index contributed by atoms with van der Waals surface area (Å²) in [5.41, 5.74) is 4.12. The fraction of sp³-hybridized carbons (Fsp3) is 0.250. The van der Waals surface area contributed by atoms with E-state index in [1.807, 2.05) is 23.1 Å². The topological polar surface area (TPSA) is 37.7 Å². The summed E-state index contributed by atoms with van der Waals surface area (Å²) in [6.07, 6.45) is 0. The summed E-state index contributed by atoms with van der Waals surface area (Å²) in [6, 6.07) is 24.9. The molecule has 4 aromatic rings. The normalized spacial score (nSPS) is 13.9. The quantitative estimate of drug-likeness (QED) is 0.201. The number of carbonyl (C=O) groups is 1. The molecule has 1 aromatic heterocycles. The molecule has 0 spiro atoms. The molecule has 0 unspecified atom stereocenters. The molecule has 1 amide bonds. The van der Waals surface area contributed by atoms with Gasteiger partial charge in [-0.15, -0.1) is 11.8 Å². The number of thioether (sulfide) groups is 1. The van der Waals surface area contributed by atoms with E-state index in [2.05, 4.69) is 93.7 Å². The molecular weight excluding hydrogens is 569 g/mol. The number of amides is 1. The summed E-state index contributed by atoms with van der Waals surface area (Å²) < 4.78 is 8.84. The molecule has 5 rings (SSSR count). The van der Waals surface area contributed by atoms with Gasteiger partial charge >= 0.3 is 0 Å². The maximum absolute atomic E-state index is 14.0. The molecule has 0 bridgehead atoms. The number of anilines is 1. The molecule has 0 radical (unpaired) electrons. The second-order valence-corrected chi connectivity index (χ2v) is 10.8. The average Bonchev–Trinajstić information content (AvgIpc) is 3.18. The van der Waals surface area contributed by atoms with Crippen LogP contribution in [-0.4, -0.2) is 48.7 Å². The monoisotopic (exact) mass is 597 g/mol. The minimum absolute atomic E-state index is 0.107. The molecule has 0 N–H and O–H groups in total. The fourth-order valence-electron chi connectivity index (χ4n) is 4.69. The fourth-order valence-corrected chi connectivity index (χ4v) is 6.35. The van der Waals surface area contributed by atoms with E-state index in [1.54, 1.807) is 18.9 Å². The number of piperazine rings is 1. The molecule has 180 valence electrons. The van der Waals surface area contributed by atoms with Crippen molar-refractivity contribution in [3.8, 4) is 5.75 Å². The molecule has 1 saturated heterocycles. The van der Waals surface area contributed by atoms with Crippen LogP contribution in [0.4, 0.5) is 5.69 Å². The number of ether oxygens (including phenoxy) is 1. The minimum Gasteiger partial charge on any atom is -0.496 e. The lowest BCUT2D eigenvalue weighted by Gasteiger charge is -2.36. The van der Waals surface area contributed by atoms with E-state index in [9.17, 15) is 4.79 Å². The lowest BCUT2D eigenvalue weighted by atomic mass is 10.1. The van der Waals surface area contributed by atoms with Crippen LogP contribution < -0.4 is 9.64 Å². The van der Waals surface area contributed by atoms with Crippen molar-refractivity contribution in [3.63, 3.8) is 0 Å². The van der Waals surface area contributed by atoms with Crippen molar-refractivity contribution in [1.82, 2.24) is 9.47 Å². The first-order valence-corrected chi connectivity index (χ1v) is 13.7. The Morgan fingerprint density at radius 2 is 1.63 bits per heavy atom. The van der Waals surface area contributed by atoms with Crippen LogP contribution in [0.15, 0.2) is 77.7 Å². The number of nitrogens with zero attached hydrogens (tertiary/aromatic N) is 3. The Hall–Kier alpha value is -2.65. The smallest absolute Gasteiger partial charge is 0.256 e. The second kappa shape index (κ2) is 10.5. The van der Waals surface area contributed by atoms with E-state index in [0.29, 0.717) is 13.1 Å². The number of halogens is 1. The number of hydrogen-bond donors (Lipinski definition) is 0. The van der Waals surface area contributed by atoms with E-state index in [-0.39, 0.29) is 5.91 Å². The third-order valence-electron chi connectivity index (χ3n) is 6.62. The van der Waals surface area contributed by atoms with Crippen LogP contribution in [0.1, 0.15) is 16.1 Å². The van der Waals surface area contributed by atoms with Crippen LogP contribution in [0.2, 0.25) is 0 Å². The molecule has 5 nitrogen and oxygen atoms in total. The Labute approximate surface area is 224 Å². The van der Waals surface area contributed by atoms with Crippen molar-refractivity contribution in [2.45, 2.75) is 10.6 Å². The first-order chi connectivity index (χ1) is 17.1. The lowest BCUT2D eigenvalue weighted by molar-refractivity contribution is 0.0747. The van der Waals surface area contributed by atoms with Gasteiger partial charge in [0.25, 0.3) is 5.91 Å². The van der Waals surface area contributed by atoms with Crippen LogP contribution >= 0.6 is 34.4 Å². The number of fused-ring (bicyclic) bond motifs is 1. The van der Waals surface area contributed by atoms with Gasteiger partial charge in [0.05, 0.1) is 21.8 Å². The van der Waals surface area contributed by atoms with Gasteiger partial charge in [0.2, 0.25) is 0 Å². The Morgan fingerprint density at radius 3 is 2.29 bits per heavy atom. The Bertz CT molecular complexity index is 1330. The SMILES string of the molecule is COc1cc2c(C(=O)N3CCN(c4ccccc4)CC3)c(CSc3ccccc3)n(C)c2cc1I. The molecule has 1 aliphatic rings. The Balaban J connectivity index is 1.47. The number of methoxy groups -OCH3 is 1. The number of para-hydroxylation sites is 1. The minimum atomic E-state index is 0.107. The van der Waals surface area contributed by atoms with Crippen molar-refractivity contribution in [2.24, 2.45) is 7.05 Å². The van der Waals surface area contributed by atoms with Crippen LogP contribution in [0, 0.1) is 3.57 Å². The number of aromatic nitrogens is 1. The third kappa shape index (κ3) is 4.89. The van der Waals surface area contributed by atoms with E-state index in [4.69, 9.17) is 4.74 Å². The Morgan fingerprint density at radius 1 is 0.971 bits per heavy atom. The van der Waals surface area contributed by atoms with Crippen LogP contribution in [0.25, 0.3) is 10.9 Å². The molecule has 0 atom stereocenters. The summed E-state index contributed by atoms with van der Waals surface area (Å²) in [5, 5.41) is 0.962. The lowest BCUT2D eigenvalue weighted by Crippen LogP contribution is -2.49.